The fourth-order valence-corrected chi connectivity index (χ4v) is 6.32. The number of sulfone groups is 1. The molecule has 3 rings (SSSR count). The molecule has 0 unspecified atom stereocenters. The number of anilines is 1. The normalized spacial score (nSPS) is 12.1. The van der Waals surface area contributed by atoms with Crippen LogP contribution in [0.25, 0.3) is 0 Å². The van der Waals surface area contributed by atoms with Crippen LogP contribution < -0.4 is 16.4 Å². The number of nitrogen functional groups attached to an aromatic ring is 1. The van der Waals surface area contributed by atoms with Crippen LogP contribution in [-0.2, 0) is 21.3 Å². The van der Waals surface area contributed by atoms with E-state index in [4.69, 9.17) is 5.73 Å². The third-order valence-corrected chi connectivity index (χ3v) is 8.98. The van der Waals surface area contributed by atoms with Gasteiger partial charge in [0.25, 0.3) is 0 Å². The molecule has 0 bridgehead atoms. The van der Waals surface area contributed by atoms with E-state index in [2.05, 4.69) is 30.8 Å². The first kappa shape index (κ1) is 26.4. The third-order valence-electron chi connectivity index (χ3n) is 4.63. The van der Waals surface area contributed by atoms with Crippen LogP contribution in [-0.4, -0.2) is 53.2 Å². The molecule has 184 valence electrons. The van der Waals surface area contributed by atoms with Gasteiger partial charge in [0.05, 0.1) is 22.3 Å². The molecule has 1 aromatic carbocycles. The zero-order chi connectivity index (χ0) is 24.4. The smallest absolute Gasteiger partial charge is 0.203 e. The Hall–Kier alpha value is -2.22. The Morgan fingerprint density at radius 3 is 2.35 bits per heavy atom. The Morgan fingerprint density at radius 2 is 1.76 bits per heavy atom. The lowest BCUT2D eigenvalue weighted by atomic mass is 10.2. The number of nitrogens with one attached hydrogen (secondary N) is 3. The first-order valence-electron chi connectivity index (χ1n) is 10.6. The maximum atomic E-state index is 12.9. The van der Waals surface area contributed by atoms with Crippen molar-refractivity contribution in [3.63, 3.8) is 0 Å². The van der Waals surface area contributed by atoms with E-state index in [1.807, 2.05) is 13.8 Å². The van der Waals surface area contributed by atoms with Gasteiger partial charge >= 0.3 is 0 Å². The summed E-state index contributed by atoms with van der Waals surface area (Å²) >= 11 is 4.80. The molecule has 13 heteroatoms. The van der Waals surface area contributed by atoms with Crippen LogP contribution in [0.5, 0.6) is 0 Å². The summed E-state index contributed by atoms with van der Waals surface area (Å²) < 4.78 is 25.8. The van der Waals surface area contributed by atoms with E-state index in [-0.39, 0.29) is 4.90 Å². The molecule has 0 aliphatic rings. The van der Waals surface area contributed by atoms with E-state index in [1.165, 1.54) is 16.7 Å². The van der Waals surface area contributed by atoms with Crippen LogP contribution in [0, 0.1) is 13.8 Å². The first-order valence-corrected chi connectivity index (χ1v) is 15.2. The number of aryl methyl sites for hydroxylation is 2. The van der Waals surface area contributed by atoms with Crippen molar-refractivity contribution in [2.24, 2.45) is 0 Å². The average Bonchev–Trinajstić information content (AvgIpc) is 3.40. The predicted octanol–water partition coefficient (Wildman–Crippen LogP) is 3.08. The van der Waals surface area contributed by atoms with Crippen LogP contribution in [0.1, 0.15) is 22.0 Å². The van der Waals surface area contributed by atoms with Gasteiger partial charge in [-0.3, -0.25) is 0 Å². The third kappa shape index (κ3) is 8.53. The largest absolute Gasteiger partial charge is 0.374 e. The van der Waals surface area contributed by atoms with Gasteiger partial charge in [0.15, 0.2) is 0 Å². The van der Waals surface area contributed by atoms with E-state index in [1.54, 1.807) is 54.1 Å². The number of nitrogens with two attached hydrogens (primary N) is 1. The summed E-state index contributed by atoms with van der Waals surface area (Å²) in [4.78, 5) is 7.65. The Morgan fingerprint density at radius 1 is 1.09 bits per heavy atom. The van der Waals surface area contributed by atoms with Gasteiger partial charge in [0.2, 0.25) is 15.0 Å². The van der Waals surface area contributed by atoms with Gasteiger partial charge in [0, 0.05) is 41.8 Å². The summed E-state index contributed by atoms with van der Waals surface area (Å²) in [6.07, 6.45) is 1.70. The zero-order valence-electron chi connectivity index (χ0n) is 19.1. The van der Waals surface area contributed by atoms with Crippen molar-refractivity contribution in [3.8, 4) is 0 Å². The molecule has 3 aromatic rings. The van der Waals surface area contributed by atoms with E-state index >= 15 is 0 Å². The highest BCUT2D eigenvalue weighted by molar-refractivity contribution is 7.98. The molecule has 34 heavy (non-hydrogen) atoms. The average molecular weight is 540 g/mol. The number of aromatic nitrogens is 4. The van der Waals surface area contributed by atoms with Gasteiger partial charge in [-0.25, -0.2) is 13.4 Å². The van der Waals surface area contributed by atoms with Gasteiger partial charge in [-0.05, 0) is 26.0 Å². The summed E-state index contributed by atoms with van der Waals surface area (Å²) in [6, 6.07) is 6.85. The Labute approximate surface area is 212 Å². The van der Waals surface area contributed by atoms with Crippen molar-refractivity contribution in [3.05, 3.63) is 63.8 Å². The SMILES string of the molecule is Cc1ccc(S(=O)(=O)C=C(NCCSCc2nnc(N)s2)NCCSCc2nc[nH]c2C)cc1. The molecule has 0 aliphatic heterocycles. The Bertz CT molecular complexity index is 1170. The van der Waals surface area contributed by atoms with Crippen LogP contribution >= 0.6 is 34.9 Å². The lowest BCUT2D eigenvalue weighted by Crippen LogP contribution is -2.30. The summed E-state index contributed by atoms with van der Waals surface area (Å²) in [5.41, 5.74) is 8.73. The minimum absolute atomic E-state index is 0.269. The van der Waals surface area contributed by atoms with Crippen molar-refractivity contribution in [2.45, 2.75) is 30.2 Å². The van der Waals surface area contributed by atoms with Gasteiger partial charge in [-0.15, -0.1) is 10.2 Å². The molecule has 0 radical (unpaired) electrons. The zero-order valence-corrected chi connectivity index (χ0v) is 22.3. The Kier molecular flexibility index (Phi) is 10.1. The summed E-state index contributed by atoms with van der Waals surface area (Å²) in [6.45, 7) is 5.14. The molecule has 0 spiro atoms. The minimum Gasteiger partial charge on any atom is -0.374 e. The highest BCUT2D eigenvalue weighted by atomic mass is 32.2. The van der Waals surface area contributed by atoms with Gasteiger partial charge in [-0.2, -0.15) is 23.5 Å². The van der Waals surface area contributed by atoms with Crippen LogP contribution in [0.4, 0.5) is 5.13 Å². The van der Waals surface area contributed by atoms with E-state index in [0.717, 1.165) is 39.2 Å². The lowest BCUT2D eigenvalue weighted by Gasteiger charge is -2.14. The van der Waals surface area contributed by atoms with E-state index < -0.39 is 9.84 Å². The molecule has 2 heterocycles. The predicted molar refractivity (Wildman–Crippen MR) is 142 cm³/mol. The monoisotopic (exact) mass is 539 g/mol. The molecule has 0 fully saturated rings. The fraction of sp³-hybridized carbons (Fsp3) is 0.381. The van der Waals surface area contributed by atoms with Gasteiger partial charge in [0.1, 0.15) is 10.8 Å². The lowest BCUT2D eigenvalue weighted by molar-refractivity contribution is 0.603. The summed E-state index contributed by atoms with van der Waals surface area (Å²) in [5, 5.41) is 16.9. The number of aromatic amines is 1. The molecule has 9 nitrogen and oxygen atoms in total. The highest BCUT2D eigenvalue weighted by Crippen LogP contribution is 2.18. The molecular weight excluding hydrogens is 511 g/mol. The second-order valence-corrected chi connectivity index (χ2v) is 12.5. The maximum absolute atomic E-state index is 12.9. The highest BCUT2D eigenvalue weighted by Gasteiger charge is 2.13. The second kappa shape index (κ2) is 13.0. The number of rotatable bonds is 14. The molecular formula is C21H29N7O2S4. The summed E-state index contributed by atoms with van der Waals surface area (Å²) in [5.74, 6) is 3.59. The van der Waals surface area contributed by atoms with E-state index in [0.29, 0.717) is 29.8 Å². The topological polar surface area (TPSA) is 139 Å². The Balaban J connectivity index is 1.53. The molecule has 2 aromatic heterocycles. The minimum atomic E-state index is -3.59. The maximum Gasteiger partial charge on any atom is 0.203 e. The van der Waals surface area contributed by atoms with Gasteiger partial charge in [-0.1, -0.05) is 29.0 Å². The second-order valence-electron chi connectivity index (χ2n) is 7.36. The molecule has 0 saturated carbocycles. The van der Waals surface area contributed by atoms with Crippen molar-refractivity contribution in [1.29, 1.82) is 0 Å². The quantitative estimate of drug-likeness (QED) is 0.226. The number of benzene rings is 1. The molecule has 5 N–H and O–H groups in total. The van der Waals surface area contributed by atoms with Gasteiger partial charge < -0.3 is 21.4 Å². The standard InChI is InChI=1S/C21H29N7O2S4/c1-15-3-5-17(6-4-15)34(29,30)13-19(23-7-9-31-11-18-16(2)25-14-26-18)24-8-10-32-12-20-27-28-21(22)33-20/h3-6,13-14,23-24H,7-12H2,1-2H3,(H2,22,28)(H,25,26). The number of hydrogen-bond acceptors (Lipinski definition) is 11. The summed E-state index contributed by atoms with van der Waals surface area (Å²) in [7, 11) is -3.59. The van der Waals surface area contributed by atoms with Crippen molar-refractivity contribution < 1.29 is 8.42 Å². The van der Waals surface area contributed by atoms with Crippen LogP contribution in [0.15, 0.2) is 46.7 Å². The number of imidazole rings is 1. The van der Waals surface area contributed by atoms with Crippen molar-refractivity contribution >= 4 is 49.8 Å². The van der Waals surface area contributed by atoms with Crippen LogP contribution in [0.3, 0.4) is 0 Å². The molecule has 0 atom stereocenters. The first-order chi connectivity index (χ1) is 16.3. The van der Waals surface area contributed by atoms with Crippen LogP contribution in [0.2, 0.25) is 0 Å². The van der Waals surface area contributed by atoms with Crippen molar-refractivity contribution in [1.82, 2.24) is 30.8 Å². The number of H-pyrrole nitrogens is 1. The number of hydrogen-bond donors (Lipinski definition) is 4. The van der Waals surface area contributed by atoms with E-state index in [9.17, 15) is 8.42 Å². The fourth-order valence-electron chi connectivity index (χ4n) is 2.80. The number of nitrogens with zero attached hydrogens (tertiary/aromatic N) is 3. The number of thioether (sulfide) groups is 2. The molecule has 0 amide bonds. The molecule has 0 saturated heterocycles. The van der Waals surface area contributed by atoms with Crippen molar-refractivity contribution in [2.75, 3.05) is 30.3 Å². The molecule has 0 aliphatic carbocycles.